The fourth-order valence-electron chi connectivity index (χ4n) is 2.36. The number of para-hydroxylation sites is 1. The second-order valence-corrected chi connectivity index (χ2v) is 5.32. The highest BCUT2D eigenvalue weighted by molar-refractivity contribution is 9.09. The zero-order valence-corrected chi connectivity index (χ0v) is 12.6. The van der Waals surface area contributed by atoms with E-state index in [-0.39, 0.29) is 22.9 Å². The van der Waals surface area contributed by atoms with Crippen LogP contribution in [0.3, 0.4) is 0 Å². The first kappa shape index (κ1) is 14.8. The minimum absolute atomic E-state index is 0.0322. The third-order valence-electron chi connectivity index (χ3n) is 3.42. The van der Waals surface area contributed by atoms with E-state index in [0.29, 0.717) is 19.0 Å². The molecule has 1 amide bonds. The van der Waals surface area contributed by atoms with Crippen molar-refractivity contribution in [3.8, 4) is 5.75 Å². The quantitative estimate of drug-likeness (QED) is 0.478. The monoisotopic (exact) mass is 342 g/mol. The summed E-state index contributed by atoms with van der Waals surface area (Å²) in [6.45, 7) is 1.33. The normalized spacial score (nSPS) is 18.1. The van der Waals surface area contributed by atoms with Crippen molar-refractivity contribution in [1.82, 2.24) is 4.90 Å². The molecule has 20 heavy (non-hydrogen) atoms. The highest BCUT2D eigenvalue weighted by Gasteiger charge is 2.30. The summed E-state index contributed by atoms with van der Waals surface area (Å²) in [6.07, 6.45) is 0.939. The first-order valence-electron chi connectivity index (χ1n) is 6.25. The number of hydrogen-bond donors (Lipinski definition) is 0. The largest absolute Gasteiger partial charge is 0.490 e. The van der Waals surface area contributed by atoms with Crippen molar-refractivity contribution in [1.29, 1.82) is 0 Å². The molecule has 0 aromatic heterocycles. The van der Waals surface area contributed by atoms with Crippen LogP contribution in [0.25, 0.3) is 0 Å². The van der Waals surface area contributed by atoms with Crippen LogP contribution in [-0.2, 0) is 0 Å². The van der Waals surface area contributed by atoms with Crippen LogP contribution in [0.1, 0.15) is 16.8 Å². The van der Waals surface area contributed by atoms with Gasteiger partial charge in [0.15, 0.2) is 0 Å². The summed E-state index contributed by atoms with van der Waals surface area (Å²) in [4.78, 5) is 24.6. The number of hydrogen-bond acceptors (Lipinski definition) is 4. The number of rotatable bonds is 4. The average Bonchev–Trinajstić information content (AvgIpc) is 2.94. The predicted molar refractivity (Wildman–Crippen MR) is 77.5 cm³/mol. The molecule has 1 saturated heterocycles. The van der Waals surface area contributed by atoms with Crippen LogP contribution in [0.4, 0.5) is 5.69 Å². The van der Waals surface area contributed by atoms with Crippen LogP contribution < -0.4 is 4.74 Å². The van der Waals surface area contributed by atoms with Crippen molar-refractivity contribution < 1.29 is 14.5 Å². The Hall–Kier alpha value is -1.63. The molecular weight excluding hydrogens is 328 g/mol. The molecule has 0 N–H and O–H groups in total. The molecular formula is C13H15BrN2O4. The van der Waals surface area contributed by atoms with Gasteiger partial charge in [-0.2, -0.15) is 0 Å². The number of methoxy groups -OCH3 is 1. The van der Waals surface area contributed by atoms with E-state index in [2.05, 4.69) is 15.9 Å². The average molecular weight is 343 g/mol. The lowest BCUT2D eigenvalue weighted by Gasteiger charge is -2.17. The number of likely N-dealkylation sites (tertiary alicyclic amines) is 1. The Labute approximate surface area is 125 Å². The second kappa shape index (κ2) is 6.21. The number of nitrogens with zero attached hydrogens (tertiary/aromatic N) is 2. The number of carbonyl (C=O) groups is 1. The molecule has 6 nitrogen and oxygen atoms in total. The van der Waals surface area contributed by atoms with Gasteiger partial charge in [0.2, 0.25) is 5.75 Å². The third kappa shape index (κ3) is 2.77. The molecule has 0 saturated carbocycles. The number of benzene rings is 1. The number of ether oxygens (including phenoxy) is 1. The number of halogens is 1. The minimum Gasteiger partial charge on any atom is -0.490 e. The molecule has 0 spiro atoms. The Morgan fingerprint density at radius 2 is 2.35 bits per heavy atom. The Balaban J connectivity index is 2.31. The summed E-state index contributed by atoms with van der Waals surface area (Å²) in [5, 5.41) is 11.8. The van der Waals surface area contributed by atoms with Crippen LogP contribution in [0.2, 0.25) is 0 Å². The number of amides is 1. The fraction of sp³-hybridized carbons (Fsp3) is 0.462. The summed E-state index contributed by atoms with van der Waals surface area (Å²) < 4.78 is 5.07. The van der Waals surface area contributed by atoms with Gasteiger partial charge in [0.1, 0.15) is 0 Å². The molecule has 0 bridgehead atoms. The Morgan fingerprint density at radius 1 is 1.60 bits per heavy atom. The zero-order valence-electron chi connectivity index (χ0n) is 11.0. The van der Waals surface area contributed by atoms with Crippen molar-refractivity contribution in [2.24, 2.45) is 5.92 Å². The lowest BCUT2D eigenvalue weighted by molar-refractivity contribution is -0.385. The highest BCUT2D eigenvalue weighted by atomic mass is 79.9. The second-order valence-electron chi connectivity index (χ2n) is 4.68. The molecule has 1 unspecified atom stereocenters. The first-order valence-corrected chi connectivity index (χ1v) is 7.37. The molecule has 1 aromatic carbocycles. The van der Waals surface area contributed by atoms with Crippen molar-refractivity contribution in [3.05, 3.63) is 33.9 Å². The van der Waals surface area contributed by atoms with Gasteiger partial charge in [-0.1, -0.05) is 22.0 Å². The van der Waals surface area contributed by atoms with Crippen molar-refractivity contribution in [2.45, 2.75) is 6.42 Å². The zero-order chi connectivity index (χ0) is 14.7. The molecule has 7 heteroatoms. The van der Waals surface area contributed by atoms with Crippen LogP contribution in [0.5, 0.6) is 5.75 Å². The lowest BCUT2D eigenvalue weighted by atomic mass is 10.1. The maximum absolute atomic E-state index is 12.5. The third-order valence-corrected chi connectivity index (χ3v) is 4.33. The van der Waals surface area contributed by atoms with Gasteiger partial charge in [-0.15, -0.1) is 0 Å². The summed E-state index contributed by atoms with van der Waals surface area (Å²) in [5.41, 5.74) is 0.0616. The molecule has 2 rings (SSSR count). The topological polar surface area (TPSA) is 72.7 Å². The lowest BCUT2D eigenvalue weighted by Crippen LogP contribution is -2.29. The van der Waals surface area contributed by atoms with Gasteiger partial charge in [0, 0.05) is 24.5 Å². The van der Waals surface area contributed by atoms with E-state index in [9.17, 15) is 14.9 Å². The molecule has 108 valence electrons. The van der Waals surface area contributed by atoms with Crippen molar-refractivity contribution in [2.75, 3.05) is 25.5 Å². The van der Waals surface area contributed by atoms with E-state index in [4.69, 9.17) is 4.74 Å². The Morgan fingerprint density at radius 3 is 2.90 bits per heavy atom. The van der Waals surface area contributed by atoms with E-state index in [1.165, 1.54) is 19.2 Å². The van der Waals surface area contributed by atoms with Crippen LogP contribution in [0, 0.1) is 16.0 Å². The number of nitro groups is 1. The standard InChI is InChI=1S/C13H15BrN2O4/c1-20-12-10(3-2-4-11(12)16(18)19)13(17)15-6-5-9(7-14)8-15/h2-4,9H,5-8H2,1H3. The van der Waals surface area contributed by atoms with E-state index in [1.54, 1.807) is 11.0 Å². The van der Waals surface area contributed by atoms with E-state index < -0.39 is 4.92 Å². The minimum atomic E-state index is -0.541. The summed E-state index contributed by atoms with van der Waals surface area (Å²) in [7, 11) is 1.34. The van der Waals surface area contributed by atoms with Gasteiger partial charge in [-0.05, 0) is 18.4 Å². The predicted octanol–water partition coefficient (Wildman–Crippen LogP) is 2.46. The van der Waals surface area contributed by atoms with Crippen LogP contribution in [-0.4, -0.2) is 41.3 Å². The van der Waals surface area contributed by atoms with Gasteiger partial charge in [-0.3, -0.25) is 14.9 Å². The first-order chi connectivity index (χ1) is 9.58. The van der Waals surface area contributed by atoms with E-state index >= 15 is 0 Å². The van der Waals surface area contributed by atoms with Crippen LogP contribution >= 0.6 is 15.9 Å². The fourth-order valence-corrected chi connectivity index (χ4v) is 2.89. The molecule has 1 aromatic rings. The molecule has 0 aliphatic carbocycles. The molecule has 1 heterocycles. The molecule has 1 aliphatic heterocycles. The maximum atomic E-state index is 12.5. The molecule has 1 aliphatic rings. The Kier molecular flexibility index (Phi) is 4.59. The molecule has 0 radical (unpaired) electrons. The number of nitro benzene ring substituents is 1. The number of alkyl halides is 1. The van der Waals surface area contributed by atoms with Gasteiger partial charge < -0.3 is 9.64 Å². The Bertz CT molecular complexity index is 535. The van der Waals surface area contributed by atoms with Crippen LogP contribution in [0.15, 0.2) is 18.2 Å². The van der Waals surface area contributed by atoms with Gasteiger partial charge in [0.05, 0.1) is 17.6 Å². The highest BCUT2D eigenvalue weighted by Crippen LogP contribution is 2.32. The van der Waals surface area contributed by atoms with Gasteiger partial charge in [-0.25, -0.2) is 0 Å². The van der Waals surface area contributed by atoms with E-state index in [1.807, 2.05) is 0 Å². The van der Waals surface area contributed by atoms with Gasteiger partial charge >= 0.3 is 5.69 Å². The summed E-state index contributed by atoms with van der Waals surface area (Å²) in [5.74, 6) is 0.252. The summed E-state index contributed by atoms with van der Waals surface area (Å²) >= 11 is 3.42. The molecule has 1 fully saturated rings. The van der Waals surface area contributed by atoms with Crippen molar-refractivity contribution in [3.63, 3.8) is 0 Å². The molecule has 1 atom stereocenters. The summed E-state index contributed by atoms with van der Waals surface area (Å²) in [6, 6.07) is 4.41. The van der Waals surface area contributed by atoms with Gasteiger partial charge in [0.25, 0.3) is 5.91 Å². The van der Waals surface area contributed by atoms with Crippen molar-refractivity contribution >= 4 is 27.5 Å². The SMILES string of the molecule is COc1c(C(=O)N2CCC(CBr)C2)cccc1[N+](=O)[O-]. The van der Waals surface area contributed by atoms with E-state index in [0.717, 1.165) is 11.8 Å². The maximum Gasteiger partial charge on any atom is 0.311 e. The smallest absolute Gasteiger partial charge is 0.311 e. The number of carbonyl (C=O) groups excluding carboxylic acids is 1.